The number of likely N-dealkylation sites (tertiary alicyclic amines) is 1. The zero-order valence-electron chi connectivity index (χ0n) is 13.8. The third kappa shape index (κ3) is 3.90. The number of benzene rings is 1. The van der Waals surface area contributed by atoms with Gasteiger partial charge in [-0.05, 0) is 49.9 Å². The molecule has 0 aromatic heterocycles. The molecule has 1 amide bonds. The number of rotatable bonds is 3. The number of hydrogen-bond acceptors (Lipinski definition) is 3. The number of piperidine rings is 1. The Balaban J connectivity index is 1.71. The van der Waals surface area contributed by atoms with Gasteiger partial charge in [-0.3, -0.25) is 9.69 Å². The van der Waals surface area contributed by atoms with Crippen molar-refractivity contribution in [1.82, 2.24) is 9.80 Å². The van der Waals surface area contributed by atoms with Crippen LogP contribution in [0, 0.1) is 12.7 Å². The number of carbonyl (C=O) groups excluding carboxylic acids is 1. The van der Waals surface area contributed by atoms with E-state index in [0.717, 1.165) is 52.2 Å². The Morgan fingerprint density at radius 3 is 2.78 bits per heavy atom. The summed E-state index contributed by atoms with van der Waals surface area (Å²) in [5.41, 5.74) is 1.12. The summed E-state index contributed by atoms with van der Waals surface area (Å²) < 4.78 is 18.8. The standard InChI is InChI=1S/C18H25FN2O2/c1-14-12-15(5-6-17(14)19)18(22)21-7-3-2-4-16(21)13-20-8-10-23-11-9-20/h5-6,12,16H,2-4,7-11,13H2,1H3/t16-/m0/s1. The summed E-state index contributed by atoms with van der Waals surface area (Å²) in [5, 5.41) is 0. The Labute approximate surface area is 137 Å². The average molecular weight is 320 g/mol. The topological polar surface area (TPSA) is 32.8 Å². The van der Waals surface area contributed by atoms with Crippen molar-refractivity contribution in [1.29, 1.82) is 0 Å². The van der Waals surface area contributed by atoms with Crippen LogP contribution in [0.3, 0.4) is 0 Å². The molecule has 4 nitrogen and oxygen atoms in total. The minimum absolute atomic E-state index is 0.0334. The Morgan fingerprint density at radius 1 is 1.26 bits per heavy atom. The summed E-state index contributed by atoms with van der Waals surface area (Å²) >= 11 is 0. The molecule has 2 aliphatic heterocycles. The fourth-order valence-electron chi connectivity index (χ4n) is 3.48. The van der Waals surface area contributed by atoms with Crippen molar-refractivity contribution >= 4 is 5.91 Å². The minimum atomic E-state index is -0.259. The first-order valence-electron chi connectivity index (χ1n) is 8.52. The van der Waals surface area contributed by atoms with E-state index in [-0.39, 0.29) is 17.8 Å². The molecule has 23 heavy (non-hydrogen) atoms. The third-order valence-corrected chi connectivity index (χ3v) is 4.87. The van der Waals surface area contributed by atoms with Crippen molar-refractivity contribution in [2.75, 3.05) is 39.4 Å². The van der Waals surface area contributed by atoms with E-state index in [1.54, 1.807) is 19.1 Å². The normalized spacial score (nSPS) is 23.0. The lowest BCUT2D eigenvalue weighted by Gasteiger charge is -2.39. The van der Waals surface area contributed by atoms with Crippen LogP contribution in [-0.2, 0) is 4.74 Å². The molecule has 0 bridgehead atoms. The molecule has 0 saturated carbocycles. The van der Waals surface area contributed by atoms with Gasteiger partial charge in [0.15, 0.2) is 0 Å². The molecule has 1 aromatic carbocycles. The van der Waals surface area contributed by atoms with Crippen LogP contribution < -0.4 is 0 Å². The molecule has 3 rings (SSSR count). The van der Waals surface area contributed by atoms with Gasteiger partial charge in [-0.15, -0.1) is 0 Å². The summed E-state index contributed by atoms with van der Waals surface area (Å²) in [6, 6.07) is 4.91. The maximum Gasteiger partial charge on any atom is 0.254 e. The van der Waals surface area contributed by atoms with Crippen molar-refractivity contribution in [2.24, 2.45) is 0 Å². The van der Waals surface area contributed by atoms with Gasteiger partial charge in [0.1, 0.15) is 5.82 Å². The predicted octanol–water partition coefficient (Wildman–Crippen LogP) is 2.46. The smallest absolute Gasteiger partial charge is 0.254 e. The first-order valence-corrected chi connectivity index (χ1v) is 8.52. The van der Waals surface area contributed by atoms with Gasteiger partial charge in [0.2, 0.25) is 0 Å². The predicted molar refractivity (Wildman–Crippen MR) is 87.1 cm³/mol. The molecule has 0 aliphatic carbocycles. The molecular weight excluding hydrogens is 295 g/mol. The Hall–Kier alpha value is -1.46. The Bertz CT molecular complexity index is 558. The van der Waals surface area contributed by atoms with E-state index in [2.05, 4.69) is 4.90 Å². The van der Waals surface area contributed by atoms with Gasteiger partial charge in [0, 0.05) is 37.8 Å². The molecule has 5 heteroatoms. The fraction of sp³-hybridized carbons (Fsp3) is 0.611. The summed E-state index contributed by atoms with van der Waals surface area (Å²) in [6.07, 6.45) is 3.26. The van der Waals surface area contributed by atoms with Gasteiger partial charge in [-0.2, -0.15) is 0 Å². The monoisotopic (exact) mass is 320 g/mol. The zero-order valence-corrected chi connectivity index (χ0v) is 13.8. The van der Waals surface area contributed by atoms with Crippen molar-refractivity contribution in [3.8, 4) is 0 Å². The van der Waals surface area contributed by atoms with E-state index >= 15 is 0 Å². The first kappa shape index (κ1) is 16.4. The Kier molecular flexibility index (Phi) is 5.28. The number of carbonyl (C=O) groups is 1. The van der Waals surface area contributed by atoms with Crippen LogP contribution in [0.4, 0.5) is 4.39 Å². The molecule has 1 aromatic rings. The minimum Gasteiger partial charge on any atom is -0.379 e. The summed E-state index contributed by atoms with van der Waals surface area (Å²) in [4.78, 5) is 17.3. The van der Waals surface area contributed by atoms with Crippen molar-refractivity contribution in [2.45, 2.75) is 32.2 Å². The van der Waals surface area contributed by atoms with Crippen LogP contribution in [0.5, 0.6) is 0 Å². The average Bonchev–Trinajstić information content (AvgIpc) is 2.58. The highest BCUT2D eigenvalue weighted by Crippen LogP contribution is 2.22. The van der Waals surface area contributed by atoms with E-state index in [1.807, 2.05) is 4.90 Å². The number of halogens is 1. The van der Waals surface area contributed by atoms with E-state index in [0.29, 0.717) is 11.1 Å². The zero-order chi connectivity index (χ0) is 16.2. The SMILES string of the molecule is Cc1cc(C(=O)N2CCCC[C@H]2CN2CCOCC2)ccc1F. The van der Waals surface area contributed by atoms with Crippen LogP contribution in [0.2, 0.25) is 0 Å². The van der Waals surface area contributed by atoms with Crippen LogP contribution in [0.25, 0.3) is 0 Å². The second-order valence-electron chi connectivity index (χ2n) is 6.53. The number of amides is 1. The highest BCUT2D eigenvalue weighted by atomic mass is 19.1. The highest BCUT2D eigenvalue weighted by molar-refractivity contribution is 5.94. The number of morpholine rings is 1. The second-order valence-corrected chi connectivity index (χ2v) is 6.53. The lowest BCUT2D eigenvalue weighted by Crippen LogP contribution is -2.51. The molecule has 0 N–H and O–H groups in total. The number of aryl methyl sites for hydroxylation is 1. The molecule has 0 spiro atoms. The maximum atomic E-state index is 13.4. The van der Waals surface area contributed by atoms with Gasteiger partial charge < -0.3 is 9.64 Å². The van der Waals surface area contributed by atoms with Gasteiger partial charge >= 0.3 is 0 Å². The van der Waals surface area contributed by atoms with Crippen LogP contribution >= 0.6 is 0 Å². The molecule has 2 heterocycles. The maximum absolute atomic E-state index is 13.4. The lowest BCUT2D eigenvalue weighted by molar-refractivity contribution is 0.0166. The van der Waals surface area contributed by atoms with E-state index in [4.69, 9.17) is 4.74 Å². The highest BCUT2D eigenvalue weighted by Gasteiger charge is 2.29. The van der Waals surface area contributed by atoms with Gasteiger partial charge in [0.05, 0.1) is 13.2 Å². The van der Waals surface area contributed by atoms with Gasteiger partial charge in [0.25, 0.3) is 5.91 Å². The number of hydrogen-bond donors (Lipinski definition) is 0. The molecule has 126 valence electrons. The second kappa shape index (κ2) is 7.41. The van der Waals surface area contributed by atoms with Crippen molar-refractivity contribution in [3.63, 3.8) is 0 Å². The molecule has 2 fully saturated rings. The van der Waals surface area contributed by atoms with E-state index in [9.17, 15) is 9.18 Å². The summed E-state index contributed by atoms with van der Waals surface area (Å²) in [6.45, 7) is 6.84. The van der Waals surface area contributed by atoms with E-state index < -0.39 is 0 Å². The third-order valence-electron chi connectivity index (χ3n) is 4.87. The van der Waals surface area contributed by atoms with Crippen LogP contribution in [0.15, 0.2) is 18.2 Å². The van der Waals surface area contributed by atoms with E-state index in [1.165, 1.54) is 12.5 Å². The van der Waals surface area contributed by atoms with Gasteiger partial charge in [-0.1, -0.05) is 0 Å². The number of ether oxygens (including phenoxy) is 1. The van der Waals surface area contributed by atoms with Gasteiger partial charge in [-0.25, -0.2) is 4.39 Å². The van der Waals surface area contributed by atoms with Crippen LogP contribution in [0.1, 0.15) is 35.2 Å². The molecule has 0 unspecified atom stereocenters. The fourth-order valence-corrected chi connectivity index (χ4v) is 3.48. The molecule has 2 aliphatic rings. The lowest BCUT2D eigenvalue weighted by atomic mass is 9.99. The van der Waals surface area contributed by atoms with Crippen LogP contribution in [-0.4, -0.2) is 61.1 Å². The molecule has 0 radical (unpaired) electrons. The summed E-state index contributed by atoms with van der Waals surface area (Å²) in [7, 11) is 0. The summed E-state index contributed by atoms with van der Waals surface area (Å²) in [5.74, 6) is -0.226. The molecule has 1 atom stereocenters. The first-order chi connectivity index (χ1) is 11.1. The molecular formula is C18H25FN2O2. The number of nitrogens with zero attached hydrogens (tertiary/aromatic N) is 2. The molecule has 2 saturated heterocycles. The quantitative estimate of drug-likeness (QED) is 0.858. The Morgan fingerprint density at radius 2 is 2.04 bits per heavy atom. The van der Waals surface area contributed by atoms with Crippen molar-refractivity contribution < 1.29 is 13.9 Å². The largest absolute Gasteiger partial charge is 0.379 e. The van der Waals surface area contributed by atoms with Crippen molar-refractivity contribution in [3.05, 3.63) is 35.1 Å².